The molecule has 3 atom stereocenters. The standard InChI is InChI=1S/C30H55O8P/c1-2-3-4-5-6-7-8-9-10-11-12-13-14-15-16-17-18-19-20-21-22-23-24-36-26-30(33)28-38-39(34,35)37-27-29(32)25-31/h3-4,6-7,9-10,12-13,29-33H,2,5,8,11,14-28H2,1H3,(H,34,35)/b4-3-,7-6-,10-9-,13-12-. The van der Waals surface area contributed by atoms with Crippen LogP contribution in [-0.4, -0.2) is 65.5 Å². The van der Waals surface area contributed by atoms with Gasteiger partial charge in [-0.15, -0.1) is 0 Å². The van der Waals surface area contributed by atoms with Crippen molar-refractivity contribution in [3.05, 3.63) is 48.6 Å². The van der Waals surface area contributed by atoms with E-state index in [-0.39, 0.29) is 6.61 Å². The molecule has 0 aliphatic rings. The molecular formula is C30H55O8P. The number of hydrogen-bond donors (Lipinski definition) is 4. The first kappa shape index (κ1) is 37.9. The highest BCUT2D eigenvalue weighted by atomic mass is 31.2. The van der Waals surface area contributed by atoms with Gasteiger partial charge in [-0.2, -0.15) is 0 Å². The fourth-order valence-electron chi connectivity index (χ4n) is 3.52. The maximum atomic E-state index is 11.6. The van der Waals surface area contributed by atoms with Gasteiger partial charge in [0.2, 0.25) is 0 Å². The minimum absolute atomic E-state index is 0.000176. The second-order valence-corrected chi connectivity index (χ2v) is 11.1. The van der Waals surface area contributed by atoms with Crippen LogP contribution in [0.5, 0.6) is 0 Å². The number of aliphatic hydroxyl groups excluding tert-OH is 3. The number of rotatable bonds is 28. The highest BCUT2D eigenvalue weighted by molar-refractivity contribution is 7.47. The Labute approximate surface area is 237 Å². The molecule has 0 fully saturated rings. The fourth-order valence-corrected chi connectivity index (χ4v) is 4.31. The SMILES string of the molecule is CC/C=C\C/C=C\C/C=C\C/C=C\CCCCCCCCCCCOCC(O)COP(=O)(O)OCC(O)CO. The molecule has 0 saturated heterocycles. The molecule has 4 N–H and O–H groups in total. The first-order chi connectivity index (χ1) is 18.9. The largest absolute Gasteiger partial charge is 0.472 e. The number of phosphoric ester groups is 1. The summed E-state index contributed by atoms with van der Waals surface area (Å²) in [5.74, 6) is 0. The van der Waals surface area contributed by atoms with Gasteiger partial charge >= 0.3 is 7.82 Å². The van der Waals surface area contributed by atoms with E-state index < -0.39 is 39.9 Å². The third-order valence-corrected chi connectivity index (χ3v) is 6.71. The normalized spacial score (nSPS) is 15.7. The molecule has 9 heteroatoms. The molecule has 0 radical (unpaired) electrons. The smallest absolute Gasteiger partial charge is 0.394 e. The molecule has 0 aliphatic carbocycles. The van der Waals surface area contributed by atoms with E-state index >= 15 is 0 Å². The van der Waals surface area contributed by atoms with Crippen molar-refractivity contribution in [3.63, 3.8) is 0 Å². The zero-order valence-electron chi connectivity index (χ0n) is 24.1. The zero-order valence-corrected chi connectivity index (χ0v) is 25.0. The van der Waals surface area contributed by atoms with Crippen LogP contribution in [-0.2, 0) is 18.3 Å². The van der Waals surface area contributed by atoms with Crippen LogP contribution in [0.2, 0.25) is 0 Å². The maximum Gasteiger partial charge on any atom is 0.472 e. The van der Waals surface area contributed by atoms with Gasteiger partial charge < -0.3 is 24.9 Å². The number of ether oxygens (including phenoxy) is 1. The van der Waals surface area contributed by atoms with Gasteiger partial charge in [0.15, 0.2) is 0 Å². The van der Waals surface area contributed by atoms with Crippen molar-refractivity contribution in [2.75, 3.05) is 33.0 Å². The first-order valence-electron chi connectivity index (χ1n) is 14.7. The zero-order chi connectivity index (χ0) is 28.9. The van der Waals surface area contributed by atoms with Gasteiger partial charge in [0, 0.05) is 6.61 Å². The van der Waals surface area contributed by atoms with E-state index in [0.717, 1.165) is 38.5 Å². The third kappa shape index (κ3) is 29.7. The van der Waals surface area contributed by atoms with Crippen LogP contribution in [0.25, 0.3) is 0 Å². The van der Waals surface area contributed by atoms with Gasteiger partial charge in [0.25, 0.3) is 0 Å². The van der Waals surface area contributed by atoms with E-state index in [0.29, 0.717) is 6.61 Å². The molecule has 0 bridgehead atoms. The number of aliphatic hydroxyl groups is 3. The third-order valence-electron chi connectivity index (χ3n) is 5.76. The second-order valence-electron chi connectivity index (χ2n) is 9.60. The minimum atomic E-state index is -4.39. The molecule has 0 aliphatic heterocycles. The molecule has 3 unspecified atom stereocenters. The molecule has 228 valence electrons. The lowest BCUT2D eigenvalue weighted by molar-refractivity contribution is -0.00437. The van der Waals surface area contributed by atoms with Gasteiger partial charge in [0.1, 0.15) is 12.2 Å². The molecular weight excluding hydrogens is 519 g/mol. The van der Waals surface area contributed by atoms with E-state index in [1.54, 1.807) is 0 Å². The molecule has 0 spiro atoms. The van der Waals surface area contributed by atoms with Crippen molar-refractivity contribution >= 4 is 7.82 Å². The predicted molar refractivity (Wildman–Crippen MR) is 159 cm³/mol. The highest BCUT2D eigenvalue weighted by Gasteiger charge is 2.24. The molecule has 0 aromatic rings. The Morgan fingerprint density at radius 3 is 1.64 bits per heavy atom. The van der Waals surface area contributed by atoms with Crippen molar-refractivity contribution in [1.29, 1.82) is 0 Å². The molecule has 0 heterocycles. The molecule has 39 heavy (non-hydrogen) atoms. The summed E-state index contributed by atoms with van der Waals surface area (Å²) in [6.07, 6.45) is 31.7. The Balaban J connectivity index is 3.42. The van der Waals surface area contributed by atoms with Crippen LogP contribution < -0.4 is 0 Å². The van der Waals surface area contributed by atoms with Crippen LogP contribution >= 0.6 is 7.82 Å². The van der Waals surface area contributed by atoms with Gasteiger partial charge in [-0.3, -0.25) is 9.05 Å². The summed E-state index contributed by atoms with van der Waals surface area (Å²) in [5.41, 5.74) is 0. The van der Waals surface area contributed by atoms with Crippen LogP contribution in [0.4, 0.5) is 0 Å². The lowest BCUT2D eigenvalue weighted by Crippen LogP contribution is -2.23. The predicted octanol–water partition coefficient (Wildman–Crippen LogP) is 6.56. The number of phosphoric acid groups is 1. The molecule has 8 nitrogen and oxygen atoms in total. The highest BCUT2D eigenvalue weighted by Crippen LogP contribution is 2.43. The first-order valence-corrected chi connectivity index (χ1v) is 16.2. The van der Waals surface area contributed by atoms with Gasteiger partial charge in [-0.05, 0) is 44.9 Å². The van der Waals surface area contributed by atoms with Crippen LogP contribution in [0.15, 0.2) is 48.6 Å². The van der Waals surface area contributed by atoms with Gasteiger partial charge in [-0.1, -0.05) is 100 Å². The van der Waals surface area contributed by atoms with Crippen molar-refractivity contribution in [1.82, 2.24) is 0 Å². The summed E-state index contributed by atoms with van der Waals surface area (Å²) in [7, 11) is -4.39. The van der Waals surface area contributed by atoms with E-state index in [1.807, 2.05) is 0 Å². The Hall–Kier alpha value is -1.09. The lowest BCUT2D eigenvalue weighted by atomic mass is 10.1. The molecule has 0 aromatic carbocycles. The number of hydrogen-bond acceptors (Lipinski definition) is 7. The Bertz CT molecular complexity index is 692. The van der Waals surface area contributed by atoms with E-state index in [9.17, 15) is 14.6 Å². The lowest BCUT2D eigenvalue weighted by Gasteiger charge is -2.16. The van der Waals surface area contributed by atoms with Crippen molar-refractivity contribution in [2.45, 2.75) is 109 Å². The summed E-state index contributed by atoms with van der Waals surface area (Å²) in [4.78, 5) is 9.43. The summed E-state index contributed by atoms with van der Waals surface area (Å²) in [5, 5.41) is 27.5. The van der Waals surface area contributed by atoms with Crippen LogP contribution in [0.1, 0.15) is 96.8 Å². The molecule has 0 aromatic heterocycles. The average molecular weight is 575 g/mol. The Kier molecular flexibility index (Phi) is 27.6. The monoisotopic (exact) mass is 574 g/mol. The van der Waals surface area contributed by atoms with Crippen LogP contribution in [0, 0.1) is 0 Å². The summed E-state index contributed by atoms with van der Waals surface area (Å²) >= 11 is 0. The van der Waals surface area contributed by atoms with Crippen molar-refractivity contribution < 1.29 is 38.6 Å². The van der Waals surface area contributed by atoms with Crippen molar-refractivity contribution in [2.24, 2.45) is 0 Å². The van der Waals surface area contributed by atoms with E-state index in [1.165, 1.54) is 51.4 Å². The number of allylic oxidation sites excluding steroid dienone is 8. The number of unbranched alkanes of at least 4 members (excludes halogenated alkanes) is 9. The van der Waals surface area contributed by atoms with Crippen molar-refractivity contribution in [3.8, 4) is 0 Å². The molecule has 0 rings (SSSR count). The van der Waals surface area contributed by atoms with E-state index in [2.05, 4.69) is 64.6 Å². The van der Waals surface area contributed by atoms with E-state index in [4.69, 9.17) is 14.9 Å². The Morgan fingerprint density at radius 1 is 0.641 bits per heavy atom. The van der Waals surface area contributed by atoms with Crippen LogP contribution in [0.3, 0.4) is 0 Å². The fraction of sp³-hybridized carbons (Fsp3) is 0.733. The quantitative estimate of drug-likeness (QED) is 0.0470. The molecule has 0 amide bonds. The summed E-state index contributed by atoms with van der Waals surface area (Å²) in [6, 6.07) is 0. The average Bonchev–Trinajstić information content (AvgIpc) is 2.93. The minimum Gasteiger partial charge on any atom is -0.394 e. The second kappa shape index (κ2) is 28.4. The van der Waals surface area contributed by atoms with Gasteiger partial charge in [-0.25, -0.2) is 4.57 Å². The maximum absolute atomic E-state index is 11.6. The van der Waals surface area contributed by atoms with Gasteiger partial charge in [0.05, 0.1) is 26.4 Å². The molecule has 0 saturated carbocycles. The summed E-state index contributed by atoms with van der Waals surface area (Å²) < 4.78 is 26.1. The topological polar surface area (TPSA) is 126 Å². The Morgan fingerprint density at radius 2 is 1.10 bits per heavy atom. The summed E-state index contributed by atoms with van der Waals surface area (Å²) in [6.45, 7) is 1.11.